The molecule has 2 rings (SSSR count). The van der Waals surface area contributed by atoms with E-state index in [0.717, 1.165) is 25.9 Å². The van der Waals surface area contributed by atoms with Crippen LogP contribution in [-0.4, -0.2) is 43.3 Å². The molecule has 16 heavy (non-hydrogen) atoms. The molecule has 0 radical (unpaired) electrons. The van der Waals surface area contributed by atoms with Crippen molar-refractivity contribution in [2.24, 2.45) is 0 Å². The molecule has 1 aliphatic heterocycles. The Balaban J connectivity index is 2.00. The number of nitrogens with zero attached hydrogens (tertiary/aromatic N) is 3. The quantitative estimate of drug-likeness (QED) is 0.814. The van der Waals surface area contributed by atoms with Gasteiger partial charge in [0.15, 0.2) is 0 Å². The Bertz CT molecular complexity index is 337. The Morgan fingerprint density at radius 1 is 1.50 bits per heavy atom. The van der Waals surface area contributed by atoms with Gasteiger partial charge < -0.3 is 15.0 Å². The summed E-state index contributed by atoms with van der Waals surface area (Å²) in [5.74, 6) is 1.34. The molecule has 1 fully saturated rings. The van der Waals surface area contributed by atoms with E-state index in [0.29, 0.717) is 11.8 Å². The lowest BCUT2D eigenvalue weighted by Gasteiger charge is -2.23. The fourth-order valence-electron chi connectivity index (χ4n) is 1.70. The van der Waals surface area contributed by atoms with Gasteiger partial charge in [0.25, 0.3) is 0 Å². The molecule has 0 amide bonds. The van der Waals surface area contributed by atoms with Crippen LogP contribution in [0.3, 0.4) is 0 Å². The molecule has 5 nitrogen and oxygen atoms in total. The van der Waals surface area contributed by atoms with E-state index < -0.39 is 0 Å². The van der Waals surface area contributed by atoms with Gasteiger partial charge in [0.1, 0.15) is 6.10 Å². The van der Waals surface area contributed by atoms with Gasteiger partial charge in [-0.25, -0.2) is 4.98 Å². The van der Waals surface area contributed by atoms with Crippen molar-refractivity contribution in [3.05, 3.63) is 12.3 Å². The summed E-state index contributed by atoms with van der Waals surface area (Å²) in [7, 11) is 3.84. The first-order valence-corrected chi connectivity index (χ1v) is 5.63. The normalized spacial score (nSPS) is 20.5. The minimum Gasteiger partial charge on any atom is -0.473 e. The molecule has 0 aromatic carbocycles. The number of ether oxygens (including phenoxy) is 1. The molecule has 0 unspecified atom stereocenters. The van der Waals surface area contributed by atoms with E-state index >= 15 is 0 Å². The number of hydrogen-bond acceptors (Lipinski definition) is 5. The third-order valence-electron chi connectivity index (χ3n) is 2.56. The molecular weight excluding hydrogens is 204 g/mol. The van der Waals surface area contributed by atoms with Crippen LogP contribution < -0.4 is 15.0 Å². The van der Waals surface area contributed by atoms with Gasteiger partial charge in [0.05, 0.1) is 0 Å². The van der Waals surface area contributed by atoms with Crippen LogP contribution in [0.15, 0.2) is 12.3 Å². The molecule has 0 bridgehead atoms. The molecule has 5 heteroatoms. The van der Waals surface area contributed by atoms with Crippen molar-refractivity contribution in [1.82, 2.24) is 15.3 Å². The zero-order chi connectivity index (χ0) is 11.4. The Labute approximate surface area is 95.8 Å². The Kier molecular flexibility index (Phi) is 3.56. The highest BCUT2D eigenvalue weighted by molar-refractivity contribution is 5.29. The first kappa shape index (κ1) is 11.1. The molecule has 0 aliphatic carbocycles. The number of hydrogen-bond donors (Lipinski definition) is 1. The van der Waals surface area contributed by atoms with Crippen LogP contribution in [0.4, 0.5) is 5.95 Å². The second kappa shape index (κ2) is 5.12. The van der Waals surface area contributed by atoms with Crippen LogP contribution in [0.25, 0.3) is 0 Å². The maximum atomic E-state index is 5.81. The van der Waals surface area contributed by atoms with Gasteiger partial charge in [-0.1, -0.05) is 0 Å². The van der Waals surface area contributed by atoms with E-state index in [4.69, 9.17) is 4.74 Å². The van der Waals surface area contributed by atoms with Crippen LogP contribution in [0.5, 0.6) is 5.88 Å². The van der Waals surface area contributed by atoms with Crippen LogP contribution in [0.2, 0.25) is 0 Å². The van der Waals surface area contributed by atoms with E-state index in [-0.39, 0.29) is 6.10 Å². The van der Waals surface area contributed by atoms with Gasteiger partial charge in [0.2, 0.25) is 11.8 Å². The third kappa shape index (κ3) is 2.82. The zero-order valence-electron chi connectivity index (χ0n) is 9.81. The molecule has 0 saturated carbocycles. The van der Waals surface area contributed by atoms with Crippen LogP contribution in [-0.2, 0) is 0 Å². The minimum absolute atomic E-state index is 0.235. The van der Waals surface area contributed by atoms with Crippen molar-refractivity contribution in [1.29, 1.82) is 0 Å². The van der Waals surface area contributed by atoms with E-state index in [9.17, 15) is 0 Å². The average Bonchev–Trinajstić information content (AvgIpc) is 2.30. The Hall–Kier alpha value is -1.36. The topological polar surface area (TPSA) is 50.3 Å². The summed E-state index contributed by atoms with van der Waals surface area (Å²) in [6, 6.07) is 1.81. The molecule has 1 aromatic heterocycles. The predicted octanol–water partition coefficient (Wildman–Crippen LogP) is 0.673. The Morgan fingerprint density at radius 2 is 2.38 bits per heavy atom. The van der Waals surface area contributed by atoms with Gasteiger partial charge in [-0.3, -0.25) is 0 Å². The average molecular weight is 222 g/mol. The van der Waals surface area contributed by atoms with E-state index in [1.807, 2.05) is 25.1 Å². The molecule has 0 spiro atoms. The number of aromatic nitrogens is 2. The van der Waals surface area contributed by atoms with Crippen LogP contribution in [0.1, 0.15) is 12.8 Å². The van der Waals surface area contributed by atoms with Gasteiger partial charge >= 0.3 is 0 Å². The van der Waals surface area contributed by atoms with Gasteiger partial charge in [0, 0.05) is 32.9 Å². The monoisotopic (exact) mass is 222 g/mol. The highest BCUT2D eigenvalue weighted by Crippen LogP contribution is 2.14. The highest BCUT2D eigenvalue weighted by atomic mass is 16.5. The Morgan fingerprint density at radius 3 is 3.06 bits per heavy atom. The molecule has 88 valence electrons. The standard InChI is InChI=1S/C11H18N4O/c1-15(2)11-13-7-5-10(14-11)16-9-4-3-6-12-8-9/h5,7,9,12H,3-4,6,8H2,1-2H3/t9-/m0/s1. The summed E-state index contributed by atoms with van der Waals surface area (Å²) in [4.78, 5) is 10.3. The molecule has 1 atom stereocenters. The second-order valence-corrected chi connectivity index (χ2v) is 4.18. The van der Waals surface area contributed by atoms with Gasteiger partial charge in [-0.15, -0.1) is 0 Å². The van der Waals surface area contributed by atoms with Crippen molar-refractivity contribution in [2.75, 3.05) is 32.1 Å². The zero-order valence-corrected chi connectivity index (χ0v) is 9.81. The maximum absolute atomic E-state index is 5.81. The molecule has 2 heterocycles. The van der Waals surface area contributed by atoms with Crippen molar-refractivity contribution in [3.8, 4) is 5.88 Å². The molecule has 1 N–H and O–H groups in total. The predicted molar refractivity (Wildman–Crippen MR) is 62.9 cm³/mol. The first-order chi connectivity index (χ1) is 7.75. The summed E-state index contributed by atoms with van der Waals surface area (Å²) in [5.41, 5.74) is 0. The maximum Gasteiger partial charge on any atom is 0.228 e. The molecule has 1 aliphatic rings. The number of piperidine rings is 1. The smallest absolute Gasteiger partial charge is 0.228 e. The highest BCUT2D eigenvalue weighted by Gasteiger charge is 2.15. The lowest BCUT2D eigenvalue weighted by Crippen LogP contribution is -2.37. The van der Waals surface area contributed by atoms with E-state index in [2.05, 4.69) is 15.3 Å². The van der Waals surface area contributed by atoms with Crippen molar-refractivity contribution in [3.63, 3.8) is 0 Å². The fraction of sp³-hybridized carbons (Fsp3) is 0.636. The molecule has 1 aromatic rings. The third-order valence-corrected chi connectivity index (χ3v) is 2.56. The van der Waals surface area contributed by atoms with Crippen molar-refractivity contribution in [2.45, 2.75) is 18.9 Å². The molecular formula is C11H18N4O. The largest absolute Gasteiger partial charge is 0.473 e. The first-order valence-electron chi connectivity index (χ1n) is 5.63. The fourth-order valence-corrected chi connectivity index (χ4v) is 1.70. The summed E-state index contributed by atoms with van der Waals surface area (Å²) >= 11 is 0. The van der Waals surface area contributed by atoms with Crippen molar-refractivity contribution < 1.29 is 4.74 Å². The summed E-state index contributed by atoms with van der Waals surface area (Å²) in [6.45, 7) is 1.99. The SMILES string of the molecule is CN(C)c1nccc(O[C@H]2CCCNC2)n1. The minimum atomic E-state index is 0.235. The lowest BCUT2D eigenvalue weighted by molar-refractivity contribution is 0.160. The number of nitrogens with one attached hydrogen (secondary N) is 1. The number of anilines is 1. The lowest BCUT2D eigenvalue weighted by atomic mass is 10.1. The summed E-state index contributed by atoms with van der Waals surface area (Å²) in [5, 5.41) is 3.31. The molecule has 1 saturated heterocycles. The van der Waals surface area contributed by atoms with Crippen molar-refractivity contribution >= 4 is 5.95 Å². The van der Waals surface area contributed by atoms with Crippen LogP contribution in [0, 0.1) is 0 Å². The van der Waals surface area contributed by atoms with Crippen LogP contribution >= 0.6 is 0 Å². The number of rotatable bonds is 3. The van der Waals surface area contributed by atoms with E-state index in [1.165, 1.54) is 0 Å². The van der Waals surface area contributed by atoms with Gasteiger partial charge in [-0.05, 0) is 19.4 Å². The summed E-state index contributed by atoms with van der Waals surface area (Å²) in [6.07, 6.45) is 4.22. The van der Waals surface area contributed by atoms with E-state index in [1.54, 1.807) is 6.20 Å². The second-order valence-electron chi connectivity index (χ2n) is 4.18. The summed E-state index contributed by atoms with van der Waals surface area (Å²) < 4.78 is 5.81. The van der Waals surface area contributed by atoms with Gasteiger partial charge in [-0.2, -0.15) is 4.98 Å².